The summed E-state index contributed by atoms with van der Waals surface area (Å²) in [5.41, 5.74) is 4.81. The highest BCUT2D eigenvalue weighted by Gasteiger charge is 2.31. The number of hydrogen-bond donors (Lipinski definition) is 1. The second-order valence-electron chi connectivity index (χ2n) is 8.84. The molecular formula is C24H27BN6O2S. The van der Waals surface area contributed by atoms with Crippen LogP contribution in [0, 0.1) is 6.92 Å². The Kier molecular flexibility index (Phi) is 6.10. The molecule has 1 saturated heterocycles. The SMILES string of the molecule is Bc1cnn2c(NCc3cccnc3)cc(C3CCN(S(=O)(=O)c4cccc(C)c4)CC3)nc12. The van der Waals surface area contributed by atoms with Crippen molar-refractivity contribution in [1.29, 1.82) is 0 Å². The monoisotopic (exact) mass is 474 g/mol. The lowest BCUT2D eigenvalue weighted by Gasteiger charge is -2.31. The molecule has 0 amide bonds. The van der Waals surface area contributed by atoms with Crippen molar-refractivity contribution in [2.24, 2.45) is 0 Å². The number of aromatic nitrogens is 4. The third-order valence-electron chi connectivity index (χ3n) is 6.36. The third-order valence-corrected chi connectivity index (χ3v) is 8.26. The largest absolute Gasteiger partial charge is 0.366 e. The Morgan fingerprint density at radius 2 is 1.94 bits per heavy atom. The summed E-state index contributed by atoms with van der Waals surface area (Å²) in [5.74, 6) is 1.05. The van der Waals surface area contributed by atoms with E-state index in [1.54, 1.807) is 28.7 Å². The number of piperidine rings is 1. The summed E-state index contributed by atoms with van der Waals surface area (Å²) >= 11 is 0. The number of aryl methyl sites for hydroxylation is 1. The van der Waals surface area contributed by atoms with Crippen LogP contribution in [0.3, 0.4) is 0 Å². The minimum absolute atomic E-state index is 0.183. The van der Waals surface area contributed by atoms with Crippen LogP contribution in [0.5, 0.6) is 0 Å². The summed E-state index contributed by atoms with van der Waals surface area (Å²) in [5, 5.41) is 7.96. The van der Waals surface area contributed by atoms with Gasteiger partial charge in [0, 0.05) is 55.9 Å². The van der Waals surface area contributed by atoms with Gasteiger partial charge in [0.05, 0.1) is 4.90 Å². The number of pyridine rings is 1. The number of hydrogen-bond acceptors (Lipinski definition) is 6. The highest BCUT2D eigenvalue weighted by atomic mass is 32.2. The molecule has 1 aliphatic rings. The zero-order chi connectivity index (χ0) is 23.7. The first-order valence-electron chi connectivity index (χ1n) is 11.5. The predicted molar refractivity (Wildman–Crippen MR) is 135 cm³/mol. The Labute approximate surface area is 200 Å². The summed E-state index contributed by atoms with van der Waals surface area (Å²) < 4.78 is 29.7. The molecule has 1 aliphatic heterocycles. The van der Waals surface area contributed by atoms with Crippen LogP contribution in [0.4, 0.5) is 5.82 Å². The molecule has 0 saturated carbocycles. The van der Waals surface area contributed by atoms with E-state index in [4.69, 9.17) is 4.98 Å². The van der Waals surface area contributed by atoms with E-state index in [1.165, 1.54) is 0 Å². The highest BCUT2D eigenvalue weighted by molar-refractivity contribution is 7.89. The summed E-state index contributed by atoms with van der Waals surface area (Å²) in [6.45, 7) is 3.49. The van der Waals surface area contributed by atoms with Crippen LogP contribution in [-0.2, 0) is 16.6 Å². The van der Waals surface area contributed by atoms with Crippen molar-refractivity contribution in [3.63, 3.8) is 0 Å². The summed E-state index contributed by atoms with van der Waals surface area (Å²) in [4.78, 5) is 9.45. The number of nitrogens with zero attached hydrogens (tertiary/aromatic N) is 5. The maximum Gasteiger partial charge on any atom is 0.243 e. The molecule has 4 heterocycles. The Bertz CT molecular complexity index is 1420. The molecule has 1 N–H and O–H groups in total. The fraction of sp³-hybridized carbons (Fsp3) is 0.292. The van der Waals surface area contributed by atoms with E-state index in [1.807, 2.05) is 55.9 Å². The van der Waals surface area contributed by atoms with Crippen molar-refractivity contribution in [3.8, 4) is 0 Å². The average molecular weight is 474 g/mol. The van der Waals surface area contributed by atoms with Gasteiger partial charge >= 0.3 is 0 Å². The van der Waals surface area contributed by atoms with E-state index >= 15 is 0 Å². The molecule has 8 nitrogen and oxygen atoms in total. The van der Waals surface area contributed by atoms with Gasteiger partial charge in [-0.15, -0.1) is 0 Å². The Morgan fingerprint density at radius 3 is 2.68 bits per heavy atom. The van der Waals surface area contributed by atoms with E-state index in [2.05, 4.69) is 15.4 Å². The van der Waals surface area contributed by atoms with E-state index in [0.29, 0.717) is 24.5 Å². The molecule has 3 aromatic heterocycles. The van der Waals surface area contributed by atoms with E-state index in [0.717, 1.165) is 46.6 Å². The second-order valence-corrected chi connectivity index (χ2v) is 10.8. The minimum atomic E-state index is -3.49. The molecule has 5 rings (SSSR count). The van der Waals surface area contributed by atoms with Crippen molar-refractivity contribution in [1.82, 2.24) is 23.9 Å². The first kappa shape index (κ1) is 22.6. The molecule has 0 unspecified atom stereocenters. The number of nitrogens with one attached hydrogen (secondary N) is 1. The molecule has 0 aliphatic carbocycles. The molecule has 174 valence electrons. The highest BCUT2D eigenvalue weighted by Crippen LogP contribution is 2.31. The zero-order valence-electron chi connectivity index (χ0n) is 19.3. The van der Waals surface area contributed by atoms with Gasteiger partial charge in [0.2, 0.25) is 10.0 Å². The van der Waals surface area contributed by atoms with Crippen molar-refractivity contribution in [2.75, 3.05) is 18.4 Å². The maximum absolute atomic E-state index is 13.1. The van der Waals surface area contributed by atoms with Crippen molar-refractivity contribution >= 4 is 34.8 Å². The van der Waals surface area contributed by atoms with Crippen LogP contribution in [0.25, 0.3) is 5.65 Å². The lowest BCUT2D eigenvalue weighted by atomic mass is 9.94. The first-order chi connectivity index (χ1) is 16.4. The normalized spacial score (nSPS) is 15.6. The van der Waals surface area contributed by atoms with Crippen LogP contribution in [-0.4, -0.2) is 53.2 Å². The van der Waals surface area contributed by atoms with Gasteiger partial charge in [-0.05, 0) is 54.6 Å². The molecule has 34 heavy (non-hydrogen) atoms. The van der Waals surface area contributed by atoms with Gasteiger partial charge in [-0.2, -0.15) is 13.9 Å². The second kappa shape index (κ2) is 9.19. The fourth-order valence-electron chi connectivity index (χ4n) is 4.44. The van der Waals surface area contributed by atoms with Gasteiger partial charge in [0.25, 0.3) is 0 Å². The molecule has 0 atom stereocenters. The van der Waals surface area contributed by atoms with Gasteiger partial charge < -0.3 is 5.32 Å². The number of fused-ring (bicyclic) bond motifs is 1. The molecular weight excluding hydrogens is 447 g/mol. The van der Waals surface area contributed by atoms with Gasteiger partial charge in [-0.25, -0.2) is 13.4 Å². The third kappa shape index (κ3) is 4.43. The first-order valence-corrected chi connectivity index (χ1v) is 12.9. The molecule has 0 radical (unpaired) electrons. The Morgan fingerprint density at radius 1 is 1.12 bits per heavy atom. The van der Waals surface area contributed by atoms with Crippen molar-refractivity contribution in [2.45, 2.75) is 37.1 Å². The smallest absolute Gasteiger partial charge is 0.243 e. The van der Waals surface area contributed by atoms with Gasteiger partial charge in [0.15, 0.2) is 5.65 Å². The van der Waals surface area contributed by atoms with Gasteiger partial charge in [-0.1, -0.05) is 18.2 Å². The minimum Gasteiger partial charge on any atom is -0.366 e. The van der Waals surface area contributed by atoms with Crippen molar-refractivity contribution < 1.29 is 8.42 Å². The summed E-state index contributed by atoms with van der Waals surface area (Å²) in [6.07, 6.45) is 6.87. The molecule has 0 bridgehead atoms. The quantitative estimate of drug-likeness (QED) is 0.429. The molecule has 4 aromatic rings. The van der Waals surface area contributed by atoms with Gasteiger partial charge in [0.1, 0.15) is 13.7 Å². The Hall–Kier alpha value is -3.24. The van der Waals surface area contributed by atoms with Crippen LogP contribution >= 0.6 is 0 Å². The lowest BCUT2D eigenvalue weighted by Crippen LogP contribution is -2.38. The fourth-order valence-corrected chi connectivity index (χ4v) is 6.01. The van der Waals surface area contributed by atoms with Crippen LogP contribution < -0.4 is 10.8 Å². The molecule has 10 heteroatoms. The number of sulfonamides is 1. The molecule has 1 aromatic carbocycles. The zero-order valence-corrected chi connectivity index (χ0v) is 20.2. The summed E-state index contributed by atoms with van der Waals surface area (Å²) in [7, 11) is -1.49. The topological polar surface area (TPSA) is 92.5 Å². The summed E-state index contributed by atoms with van der Waals surface area (Å²) in [6, 6.07) is 13.1. The molecule has 1 fully saturated rings. The lowest BCUT2D eigenvalue weighted by molar-refractivity contribution is 0.317. The van der Waals surface area contributed by atoms with Crippen LogP contribution in [0.15, 0.2) is 66.0 Å². The van der Waals surface area contributed by atoms with Crippen molar-refractivity contribution in [3.05, 3.63) is 77.9 Å². The number of rotatable bonds is 6. The van der Waals surface area contributed by atoms with Crippen LogP contribution in [0.2, 0.25) is 0 Å². The molecule has 0 spiro atoms. The maximum atomic E-state index is 13.1. The number of benzene rings is 1. The Balaban J connectivity index is 1.36. The average Bonchev–Trinajstić information content (AvgIpc) is 3.24. The number of anilines is 1. The van der Waals surface area contributed by atoms with E-state index in [-0.39, 0.29) is 5.92 Å². The van der Waals surface area contributed by atoms with Crippen LogP contribution in [0.1, 0.15) is 35.6 Å². The predicted octanol–water partition coefficient (Wildman–Crippen LogP) is 1.87. The van der Waals surface area contributed by atoms with Gasteiger partial charge in [-0.3, -0.25) is 4.98 Å². The van der Waals surface area contributed by atoms with E-state index in [9.17, 15) is 8.42 Å². The van der Waals surface area contributed by atoms with E-state index < -0.39 is 10.0 Å². The standard InChI is InChI=1S/C24H27BN6O2S/c1-17-4-2-6-20(12-17)34(32,33)30-10-7-19(8-11-30)22-13-23(27-15-18-5-3-9-26-14-18)31-24(29-22)21(25)16-28-31/h2-6,9,12-14,16,19,27H,7-8,10-11,15,25H2,1H3.